The van der Waals surface area contributed by atoms with Gasteiger partial charge in [0, 0.05) is 31.0 Å². The van der Waals surface area contributed by atoms with Crippen molar-refractivity contribution >= 4 is 16.9 Å². The summed E-state index contributed by atoms with van der Waals surface area (Å²) in [6, 6.07) is 7.22. The van der Waals surface area contributed by atoms with Crippen molar-refractivity contribution in [3.63, 3.8) is 0 Å². The molecule has 1 fully saturated rings. The van der Waals surface area contributed by atoms with E-state index in [0.29, 0.717) is 24.2 Å². The Labute approximate surface area is 199 Å². The van der Waals surface area contributed by atoms with Gasteiger partial charge in [-0.1, -0.05) is 0 Å². The summed E-state index contributed by atoms with van der Waals surface area (Å²) in [5.74, 6) is 0.827. The third kappa shape index (κ3) is 6.11. The molecule has 3 heterocycles. The SMILES string of the molecule is COc1ccc2nccc([C@@H](F)CC[C@@H]3CCN(CCCc4ncco4)C[C@@H]3CC(=O)O)c2c1. The molecular weight excluding hydrogens is 437 g/mol. The standard InChI is InChI=1S/C26H32FN3O4/c1-33-20-5-7-24-22(16-20)21(8-10-28-24)23(27)6-4-18-9-13-30(17-19(18)15-26(31)32)12-2-3-25-29-11-14-34-25/h5,7-8,10-11,14,16,18-19,23H,2-4,6,9,12-13,15,17H2,1H3,(H,31,32)/t18-,19+,23+/m1/s1. The van der Waals surface area contributed by atoms with Crippen molar-refractivity contribution in [2.45, 2.75) is 44.7 Å². The molecular formula is C26H32FN3O4. The van der Waals surface area contributed by atoms with Crippen LogP contribution < -0.4 is 4.74 Å². The van der Waals surface area contributed by atoms with Gasteiger partial charge in [-0.25, -0.2) is 9.37 Å². The van der Waals surface area contributed by atoms with E-state index in [9.17, 15) is 9.90 Å². The number of aliphatic carboxylic acids is 1. The largest absolute Gasteiger partial charge is 0.497 e. The number of hydrogen-bond acceptors (Lipinski definition) is 6. The number of nitrogens with zero attached hydrogens (tertiary/aromatic N) is 3. The van der Waals surface area contributed by atoms with E-state index in [2.05, 4.69) is 14.9 Å². The van der Waals surface area contributed by atoms with Gasteiger partial charge in [0.05, 0.1) is 18.8 Å². The summed E-state index contributed by atoms with van der Waals surface area (Å²) in [5.41, 5.74) is 1.35. The first kappa shape index (κ1) is 24.1. The van der Waals surface area contributed by atoms with Crippen LogP contribution in [0.4, 0.5) is 4.39 Å². The van der Waals surface area contributed by atoms with Crippen LogP contribution in [0.25, 0.3) is 10.9 Å². The summed E-state index contributed by atoms with van der Waals surface area (Å²) >= 11 is 0. The first-order chi connectivity index (χ1) is 16.5. The van der Waals surface area contributed by atoms with Crippen molar-refractivity contribution in [3.8, 4) is 5.75 Å². The van der Waals surface area contributed by atoms with Gasteiger partial charge in [-0.3, -0.25) is 9.78 Å². The van der Waals surface area contributed by atoms with Crippen molar-refractivity contribution < 1.29 is 23.4 Å². The Morgan fingerprint density at radius 2 is 2.18 bits per heavy atom. The van der Waals surface area contributed by atoms with E-state index in [1.807, 2.05) is 18.2 Å². The van der Waals surface area contributed by atoms with Crippen LogP contribution in [0.5, 0.6) is 5.75 Å². The van der Waals surface area contributed by atoms with Crippen LogP contribution in [0.1, 0.15) is 49.7 Å². The van der Waals surface area contributed by atoms with Crippen LogP contribution in [0.15, 0.2) is 47.3 Å². The number of alkyl halides is 1. The molecule has 182 valence electrons. The van der Waals surface area contributed by atoms with Crippen molar-refractivity contribution in [1.29, 1.82) is 0 Å². The number of piperidine rings is 1. The summed E-state index contributed by atoms with van der Waals surface area (Å²) in [7, 11) is 1.59. The van der Waals surface area contributed by atoms with Crippen molar-refractivity contribution in [2.24, 2.45) is 11.8 Å². The number of fused-ring (bicyclic) bond motifs is 1. The van der Waals surface area contributed by atoms with Gasteiger partial charge in [-0.2, -0.15) is 0 Å². The molecule has 0 aliphatic carbocycles. The maximum absolute atomic E-state index is 15.4. The number of aromatic nitrogens is 2. The van der Waals surface area contributed by atoms with Crippen LogP contribution in [0.2, 0.25) is 0 Å². The zero-order valence-corrected chi connectivity index (χ0v) is 19.5. The van der Waals surface area contributed by atoms with Crippen LogP contribution in [0, 0.1) is 11.8 Å². The fraction of sp³-hybridized carbons (Fsp3) is 0.500. The number of carboxylic acids is 1. The average molecular weight is 470 g/mol. The Bertz CT molecular complexity index is 1080. The van der Waals surface area contributed by atoms with Crippen LogP contribution in [-0.2, 0) is 11.2 Å². The van der Waals surface area contributed by atoms with Gasteiger partial charge >= 0.3 is 5.97 Å². The Kier molecular flexibility index (Phi) is 8.11. The molecule has 0 unspecified atom stereocenters. The molecule has 1 N–H and O–H groups in total. The number of pyridine rings is 1. The fourth-order valence-electron chi connectivity index (χ4n) is 5.09. The predicted molar refractivity (Wildman–Crippen MR) is 126 cm³/mol. The minimum absolute atomic E-state index is 0.0227. The Morgan fingerprint density at radius 1 is 1.29 bits per heavy atom. The quantitative estimate of drug-likeness (QED) is 0.419. The Morgan fingerprint density at radius 3 is 2.94 bits per heavy atom. The number of likely N-dealkylation sites (tertiary alicyclic amines) is 1. The average Bonchev–Trinajstić information content (AvgIpc) is 3.36. The van der Waals surface area contributed by atoms with Crippen molar-refractivity contribution in [3.05, 3.63) is 54.4 Å². The van der Waals surface area contributed by atoms with Crippen molar-refractivity contribution in [1.82, 2.24) is 14.9 Å². The molecule has 1 aromatic carbocycles. The van der Waals surface area contributed by atoms with Gasteiger partial charge in [-0.05, 0) is 80.4 Å². The van der Waals surface area contributed by atoms with E-state index in [4.69, 9.17) is 9.15 Å². The second kappa shape index (κ2) is 11.4. The van der Waals surface area contributed by atoms with Gasteiger partial charge < -0.3 is 19.2 Å². The highest BCUT2D eigenvalue weighted by atomic mass is 19.1. The highest BCUT2D eigenvalue weighted by molar-refractivity contribution is 5.83. The minimum Gasteiger partial charge on any atom is -0.497 e. The van der Waals surface area contributed by atoms with E-state index in [-0.39, 0.29) is 18.3 Å². The molecule has 3 atom stereocenters. The third-order valence-electron chi connectivity index (χ3n) is 6.87. The van der Waals surface area contributed by atoms with Crippen molar-refractivity contribution in [2.75, 3.05) is 26.7 Å². The zero-order chi connectivity index (χ0) is 23.9. The first-order valence-corrected chi connectivity index (χ1v) is 11.9. The molecule has 1 aliphatic rings. The lowest BCUT2D eigenvalue weighted by Crippen LogP contribution is -2.42. The number of methoxy groups -OCH3 is 1. The van der Waals surface area contributed by atoms with Gasteiger partial charge in [0.25, 0.3) is 0 Å². The lowest BCUT2D eigenvalue weighted by atomic mass is 9.79. The van der Waals surface area contributed by atoms with Crippen LogP contribution in [0.3, 0.4) is 0 Å². The summed E-state index contributed by atoms with van der Waals surface area (Å²) < 4.78 is 26.0. The number of rotatable bonds is 11. The molecule has 1 aliphatic heterocycles. The molecule has 1 saturated heterocycles. The maximum Gasteiger partial charge on any atom is 0.303 e. The summed E-state index contributed by atoms with van der Waals surface area (Å²) in [6.45, 7) is 2.51. The number of hydrogen-bond donors (Lipinski definition) is 1. The number of aryl methyl sites for hydroxylation is 1. The first-order valence-electron chi connectivity index (χ1n) is 11.9. The Balaban J connectivity index is 1.35. The number of benzene rings is 1. The maximum atomic E-state index is 15.4. The van der Waals surface area contributed by atoms with E-state index >= 15 is 4.39 Å². The number of carboxylic acid groups (broad SMARTS) is 1. The lowest BCUT2D eigenvalue weighted by molar-refractivity contribution is -0.139. The molecule has 0 spiro atoms. The second-order valence-electron chi connectivity index (χ2n) is 9.06. The third-order valence-corrected chi connectivity index (χ3v) is 6.87. The summed E-state index contributed by atoms with van der Waals surface area (Å²) in [4.78, 5) is 22.3. The smallest absolute Gasteiger partial charge is 0.303 e. The molecule has 3 aromatic rings. The minimum atomic E-state index is -1.14. The van der Waals surface area contributed by atoms with Gasteiger partial charge in [0.15, 0.2) is 5.89 Å². The monoisotopic (exact) mass is 469 g/mol. The van der Waals surface area contributed by atoms with E-state index in [1.165, 1.54) is 0 Å². The molecule has 4 rings (SSSR count). The molecule has 2 aromatic heterocycles. The fourth-order valence-corrected chi connectivity index (χ4v) is 5.09. The van der Waals surface area contributed by atoms with E-state index in [1.54, 1.807) is 31.8 Å². The molecule has 7 nitrogen and oxygen atoms in total. The normalized spacial score (nSPS) is 19.8. The van der Waals surface area contributed by atoms with Gasteiger partial charge in [0.2, 0.25) is 0 Å². The van der Waals surface area contributed by atoms with Gasteiger partial charge in [-0.15, -0.1) is 0 Å². The number of halogens is 1. The molecule has 0 amide bonds. The van der Waals surface area contributed by atoms with Gasteiger partial charge in [0.1, 0.15) is 18.2 Å². The van der Waals surface area contributed by atoms with Crippen LogP contribution in [-0.4, -0.2) is 52.7 Å². The molecule has 0 radical (unpaired) electrons. The highest BCUT2D eigenvalue weighted by Gasteiger charge is 2.31. The number of oxazole rings is 1. The second-order valence-corrected chi connectivity index (χ2v) is 9.06. The zero-order valence-electron chi connectivity index (χ0n) is 19.5. The van der Waals surface area contributed by atoms with Crippen LogP contribution >= 0.6 is 0 Å². The topological polar surface area (TPSA) is 88.7 Å². The number of ether oxygens (including phenoxy) is 1. The predicted octanol–water partition coefficient (Wildman–Crippen LogP) is 5.07. The van der Waals surface area contributed by atoms with E-state index in [0.717, 1.165) is 55.7 Å². The molecule has 0 bridgehead atoms. The highest BCUT2D eigenvalue weighted by Crippen LogP contribution is 2.36. The molecule has 0 saturated carbocycles. The Hall–Kier alpha value is -3.00. The lowest BCUT2D eigenvalue weighted by Gasteiger charge is -2.38. The molecule has 34 heavy (non-hydrogen) atoms. The number of carbonyl (C=O) groups is 1. The van der Waals surface area contributed by atoms with E-state index < -0.39 is 12.1 Å². The molecule has 8 heteroatoms. The summed E-state index contributed by atoms with van der Waals surface area (Å²) in [6.07, 6.45) is 7.43. The summed E-state index contributed by atoms with van der Waals surface area (Å²) in [5, 5.41) is 10.2.